The fraction of sp³-hybridized carbons (Fsp3) is 0.438. The molecule has 0 saturated carbocycles. The van der Waals surface area contributed by atoms with Gasteiger partial charge in [0.15, 0.2) is 11.3 Å². The van der Waals surface area contributed by atoms with E-state index >= 15 is 0 Å². The van der Waals surface area contributed by atoms with Gasteiger partial charge in [-0.05, 0) is 12.3 Å². The minimum atomic E-state index is -4.38. The number of alkyl halides is 3. The summed E-state index contributed by atoms with van der Waals surface area (Å²) in [4.78, 5) is 12.0. The summed E-state index contributed by atoms with van der Waals surface area (Å²) in [5.41, 5.74) is 1.02. The van der Waals surface area contributed by atoms with Crippen molar-refractivity contribution in [1.29, 1.82) is 0 Å². The van der Waals surface area contributed by atoms with Gasteiger partial charge < -0.3 is 9.88 Å². The molecule has 6 nitrogen and oxygen atoms in total. The number of aromatic nitrogens is 5. The summed E-state index contributed by atoms with van der Waals surface area (Å²) < 4.78 is 41.9. The van der Waals surface area contributed by atoms with Crippen LogP contribution in [0.5, 0.6) is 0 Å². The van der Waals surface area contributed by atoms with Gasteiger partial charge in [-0.25, -0.2) is 9.97 Å². The molecule has 1 aliphatic rings. The maximum Gasteiger partial charge on any atom is 0.434 e. The lowest BCUT2D eigenvalue weighted by atomic mass is 9.99. The summed E-state index contributed by atoms with van der Waals surface area (Å²) in [6, 6.07) is 0. The molecule has 3 aromatic rings. The van der Waals surface area contributed by atoms with Gasteiger partial charge in [0.05, 0.1) is 18.1 Å². The average Bonchev–Trinajstić information content (AvgIpc) is 3.18. The summed E-state index contributed by atoms with van der Waals surface area (Å²) in [5, 5.41) is 3.38. The van der Waals surface area contributed by atoms with Crippen LogP contribution in [0.3, 0.4) is 0 Å². The third-order valence-electron chi connectivity index (χ3n) is 4.51. The van der Waals surface area contributed by atoms with Crippen molar-refractivity contribution < 1.29 is 13.2 Å². The summed E-state index contributed by atoms with van der Waals surface area (Å²) in [6.07, 6.45) is 5.21. The fourth-order valence-corrected chi connectivity index (χ4v) is 3.25. The molecule has 0 fully saturated rings. The van der Waals surface area contributed by atoms with Gasteiger partial charge in [0, 0.05) is 44.6 Å². The van der Waals surface area contributed by atoms with E-state index in [2.05, 4.69) is 20.3 Å². The van der Waals surface area contributed by atoms with Crippen LogP contribution < -0.4 is 5.32 Å². The van der Waals surface area contributed by atoms with Gasteiger partial charge in [0.2, 0.25) is 0 Å². The van der Waals surface area contributed by atoms with Crippen molar-refractivity contribution in [3.05, 3.63) is 48.2 Å². The van der Waals surface area contributed by atoms with Crippen LogP contribution in [0.2, 0.25) is 0 Å². The molecule has 1 atom stereocenters. The lowest BCUT2D eigenvalue weighted by molar-refractivity contribution is -0.141. The maximum atomic E-state index is 12.8. The van der Waals surface area contributed by atoms with Gasteiger partial charge in [0.25, 0.3) is 0 Å². The van der Waals surface area contributed by atoms with Crippen molar-refractivity contribution in [1.82, 2.24) is 29.2 Å². The summed E-state index contributed by atoms with van der Waals surface area (Å²) in [6.45, 7) is 1.94. The molecule has 0 bridgehead atoms. The lowest BCUT2D eigenvalue weighted by Crippen LogP contribution is -2.30. The predicted octanol–water partition coefficient (Wildman–Crippen LogP) is 2.30. The van der Waals surface area contributed by atoms with Crippen molar-refractivity contribution in [3.63, 3.8) is 0 Å². The minimum absolute atomic E-state index is 0.281. The molecule has 4 rings (SSSR count). The largest absolute Gasteiger partial charge is 0.434 e. The maximum absolute atomic E-state index is 12.8. The van der Waals surface area contributed by atoms with Crippen LogP contribution in [0, 0.1) is 5.92 Å². The highest BCUT2D eigenvalue weighted by Gasteiger charge is 2.35. The van der Waals surface area contributed by atoms with Crippen LogP contribution in [0.1, 0.15) is 23.6 Å². The molecule has 0 spiro atoms. The Bertz CT molecular complexity index is 882. The highest BCUT2D eigenvalue weighted by atomic mass is 19.4. The standard InChI is InChI=1S/C16H17F3N6/c17-16(18,19)13-10-24-9-11(1-2-14(24)23-13)5-21-6-12-7-22-15-8-20-3-4-25(12)15/h3-4,7-8,10-11,21H,1-2,5-6,9H2/t11-/m1/s1. The second-order valence-electron chi connectivity index (χ2n) is 6.28. The van der Waals surface area contributed by atoms with E-state index in [0.29, 0.717) is 25.3 Å². The highest BCUT2D eigenvalue weighted by Crippen LogP contribution is 2.30. The van der Waals surface area contributed by atoms with Gasteiger partial charge in [-0.15, -0.1) is 0 Å². The predicted molar refractivity (Wildman–Crippen MR) is 83.7 cm³/mol. The first-order valence-corrected chi connectivity index (χ1v) is 8.10. The van der Waals surface area contributed by atoms with E-state index in [1.165, 1.54) is 0 Å². The molecular formula is C16H17F3N6. The number of nitrogens with one attached hydrogen (secondary N) is 1. The number of hydrogen-bond donors (Lipinski definition) is 1. The Kier molecular flexibility index (Phi) is 3.95. The van der Waals surface area contributed by atoms with Gasteiger partial charge in [0.1, 0.15) is 5.82 Å². The first-order chi connectivity index (χ1) is 12.0. The summed E-state index contributed by atoms with van der Waals surface area (Å²) in [7, 11) is 0. The van der Waals surface area contributed by atoms with E-state index in [1.807, 2.05) is 10.6 Å². The molecule has 0 amide bonds. The number of hydrogen-bond acceptors (Lipinski definition) is 4. The summed E-state index contributed by atoms with van der Waals surface area (Å²) in [5.74, 6) is 0.807. The zero-order valence-electron chi connectivity index (χ0n) is 13.4. The normalized spacial score (nSPS) is 17.8. The van der Waals surface area contributed by atoms with Gasteiger partial charge in [-0.2, -0.15) is 13.2 Å². The van der Waals surface area contributed by atoms with Crippen LogP contribution in [-0.4, -0.2) is 30.5 Å². The van der Waals surface area contributed by atoms with Crippen LogP contribution in [0.25, 0.3) is 5.65 Å². The molecule has 0 aromatic carbocycles. The van der Waals surface area contributed by atoms with Gasteiger partial charge >= 0.3 is 6.18 Å². The second-order valence-corrected chi connectivity index (χ2v) is 6.28. The fourth-order valence-electron chi connectivity index (χ4n) is 3.25. The molecule has 0 aliphatic carbocycles. The molecule has 132 valence electrons. The van der Waals surface area contributed by atoms with Crippen molar-refractivity contribution >= 4 is 5.65 Å². The second kappa shape index (κ2) is 6.14. The van der Waals surface area contributed by atoms with E-state index in [0.717, 1.165) is 30.5 Å². The first-order valence-electron chi connectivity index (χ1n) is 8.10. The average molecular weight is 350 g/mol. The zero-order valence-corrected chi connectivity index (χ0v) is 13.4. The molecule has 25 heavy (non-hydrogen) atoms. The number of fused-ring (bicyclic) bond motifs is 2. The number of rotatable bonds is 4. The number of aryl methyl sites for hydroxylation is 1. The molecule has 9 heteroatoms. The Balaban J connectivity index is 1.36. The zero-order chi connectivity index (χ0) is 17.4. The third kappa shape index (κ3) is 3.23. The molecule has 0 saturated heterocycles. The van der Waals surface area contributed by atoms with Crippen molar-refractivity contribution in [2.45, 2.75) is 32.1 Å². The van der Waals surface area contributed by atoms with E-state index in [9.17, 15) is 13.2 Å². The Morgan fingerprint density at radius 3 is 3.00 bits per heavy atom. The van der Waals surface area contributed by atoms with Crippen LogP contribution in [-0.2, 0) is 25.7 Å². The first kappa shape index (κ1) is 16.1. The van der Waals surface area contributed by atoms with Gasteiger partial charge in [-0.1, -0.05) is 0 Å². The molecule has 0 radical (unpaired) electrons. The Morgan fingerprint density at radius 2 is 2.16 bits per heavy atom. The third-order valence-corrected chi connectivity index (χ3v) is 4.51. The SMILES string of the molecule is FC(F)(F)c1cn2c(n1)CC[C@H](CNCc1cnc3cnccn13)C2. The van der Waals surface area contributed by atoms with Crippen molar-refractivity contribution in [2.24, 2.45) is 5.92 Å². The molecule has 4 heterocycles. The molecule has 1 aliphatic heterocycles. The Hall–Kier alpha value is -2.42. The molecular weight excluding hydrogens is 333 g/mol. The van der Waals surface area contributed by atoms with Crippen molar-refractivity contribution in [3.8, 4) is 0 Å². The topological polar surface area (TPSA) is 60.0 Å². The Morgan fingerprint density at radius 1 is 1.28 bits per heavy atom. The summed E-state index contributed by atoms with van der Waals surface area (Å²) >= 11 is 0. The quantitative estimate of drug-likeness (QED) is 0.784. The van der Waals surface area contributed by atoms with Crippen LogP contribution >= 0.6 is 0 Å². The van der Waals surface area contributed by atoms with E-state index in [-0.39, 0.29) is 5.92 Å². The van der Waals surface area contributed by atoms with Crippen LogP contribution in [0.4, 0.5) is 13.2 Å². The van der Waals surface area contributed by atoms with Crippen LogP contribution in [0.15, 0.2) is 31.0 Å². The van der Waals surface area contributed by atoms with E-state index < -0.39 is 11.9 Å². The molecule has 0 unspecified atom stereocenters. The monoisotopic (exact) mass is 350 g/mol. The van der Waals surface area contributed by atoms with E-state index in [1.54, 1.807) is 23.2 Å². The minimum Gasteiger partial charge on any atom is -0.334 e. The number of imidazole rings is 2. The van der Waals surface area contributed by atoms with Gasteiger partial charge in [-0.3, -0.25) is 9.38 Å². The smallest absolute Gasteiger partial charge is 0.334 e. The van der Waals surface area contributed by atoms with E-state index in [4.69, 9.17) is 0 Å². The molecule has 1 N–H and O–H groups in total. The van der Waals surface area contributed by atoms with Crippen molar-refractivity contribution in [2.75, 3.05) is 6.54 Å². The number of nitrogens with zero attached hydrogens (tertiary/aromatic N) is 5. The molecule has 3 aromatic heterocycles. The number of halogens is 3. The Labute approximate surface area is 141 Å². The highest BCUT2D eigenvalue weighted by molar-refractivity contribution is 5.36. The lowest BCUT2D eigenvalue weighted by Gasteiger charge is -2.23.